The summed E-state index contributed by atoms with van der Waals surface area (Å²) in [5.74, 6) is 0.0217. The van der Waals surface area contributed by atoms with Gasteiger partial charge in [-0.1, -0.05) is 48.0 Å². The molecule has 0 aromatic heterocycles. The highest BCUT2D eigenvalue weighted by molar-refractivity contribution is 6.46. The molecule has 0 spiro atoms. The first-order valence-corrected chi connectivity index (χ1v) is 9.78. The summed E-state index contributed by atoms with van der Waals surface area (Å²) >= 11 is 0. The summed E-state index contributed by atoms with van der Waals surface area (Å²) in [6.45, 7) is 1.98. The van der Waals surface area contributed by atoms with Crippen molar-refractivity contribution in [3.8, 4) is 11.5 Å². The third kappa shape index (κ3) is 3.64. The molecule has 0 radical (unpaired) electrons. The first-order chi connectivity index (χ1) is 15.0. The maximum Gasteiger partial charge on any atom is 0.282 e. The summed E-state index contributed by atoms with van der Waals surface area (Å²) in [6, 6.07) is 21.7. The van der Waals surface area contributed by atoms with Crippen molar-refractivity contribution in [3.05, 3.63) is 89.6 Å². The molecular formula is C25H22N2O4. The van der Waals surface area contributed by atoms with E-state index < -0.39 is 11.8 Å². The number of hydrogen-bond acceptors (Lipinski definition) is 5. The highest BCUT2D eigenvalue weighted by Gasteiger charge is 2.42. The molecule has 0 unspecified atom stereocenters. The zero-order valence-corrected chi connectivity index (χ0v) is 17.5. The van der Waals surface area contributed by atoms with Gasteiger partial charge in [0.15, 0.2) is 0 Å². The van der Waals surface area contributed by atoms with Crippen LogP contribution in [0.15, 0.2) is 78.5 Å². The van der Waals surface area contributed by atoms with Crippen LogP contribution < -0.4 is 19.7 Å². The fourth-order valence-corrected chi connectivity index (χ4v) is 3.56. The van der Waals surface area contributed by atoms with Crippen LogP contribution in [0.2, 0.25) is 0 Å². The first kappa shape index (κ1) is 20.2. The number of rotatable bonds is 6. The highest BCUT2D eigenvalue weighted by Crippen LogP contribution is 2.39. The van der Waals surface area contributed by atoms with E-state index >= 15 is 0 Å². The van der Waals surface area contributed by atoms with E-state index in [-0.39, 0.29) is 11.3 Å². The van der Waals surface area contributed by atoms with Crippen molar-refractivity contribution >= 4 is 28.8 Å². The number of carbonyl (C=O) groups excluding carboxylic acids is 2. The van der Waals surface area contributed by atoms with E-state index in [1.54, 1.807) is 42.5 Å². The molecule has 3 aromatic carbocycles. The van der Waals surface area contributed by atoms with Gasteiger partial charge in [0, 0.05) is 11.3 Å². The molecule has 2 amide bonds. The van der Waals surface area contributed by atoms with Gasteiger partial charge in [-0.15, -0.1) is 0 Å². The molecule has 1 N–H and O–H groups in total. The van der Waals surface area contributed by atoms with E-state index in [1.165, 1.54) is 14.2 Å². The minimum absolute atomic E-state index is 0.184. The fraction of sp³-hybridized carbons (Fsp3) is 0.120. The maximum absolute atomic E-state index is 13.6. The number of para-hydroxylation sites is 3. The van der Waals surface area contributed by atoms with Crippen molar-refractivity contribution in [3.63, 3.8) is 0 Å². The van der Waals surface area contributed by atoms with Crippen molar-refractivity contribution in [1.82, 2.24) is 0 Å². The van der Waals surface area contributed by atoms with Crippen molar-refractivity contribution in [2.24, 2.45) is 0 Å². The summed E-state index contributed by atoms with van der Waals surface area (Å²) in [5, 5.41) is 3.16. The number of anilines is 2. The highest BCUT2D eigenvalue weighted by atomic mass is 16.5. The number of imide groups is 1. The Labute approximate surface area is 180 Å². The molecule has 0 saturated carbocycles. The second-order valence-electron chi connectivity index (χ2n) is 7.06. The zero-order chi connectivity index (χ0) is 22.0. The predicted octanol–water partition coefficient (Wildman–Crippen LogP) is 4.41. The maximum atomic E-state index is 13.6. The first-order valence-electron chi connectivity index (χ1n) is 9.78. The minimum atomic E-state index is -0.462. The van der Waals surface area contributed by atoms with Crippen LogP contribution in [0.25, 0.3) is 5.57 Å². The molecule has 0 aliphatic carbocycles. The number of hydrogen-bond donors (Lipinski definition) is 1. The average molecular weight is 414 g/mol. The van der Waals surface area contributed by atoms with Crippen LogP contribution in [0.5, 0.6) is 11.5 Å². The molecule has 6 heteroatoms. The molecule has 1 heterocycles. The van der Waals surface area contributed by atoms with Gasteiger partial charge in [0.1, 0.15) is 17.2 Å². The van der Waals surface area contributed by atoms with Crippen LogP contribution in [0.3, 0.4) is 0 Å². The van der Waals surface area contributed by atoms with E-state index in [2.05, 4.69) is 5.32 Å². The molecule has 0 atom stereocenters. The Hall–Kier alpha value is -4.06. The molecule has 31 heavy (non-hydrogen) atoms. The molecule has 1 aliphatic rings. The lowest BCUT2D eigenvalue weighted by Crippen LogP contribution is -2.32. The number of aryl methyl sites for hydroxylation is 1. The summed E-state index contributed by atoms with van der Waals surface area (Å²) in [4.78, 5) is 28.3. The van der Waals surface area contributed by atoms with Crippen molar-refractivity contribution in [2.75, 3.05) is 24.4 Å². The third-order valence-corrected chi connectivity index (χ3v) is 5.11. The molecule has 3 aromatic rings. The number of ether oxygens (including phenoxy) is 2. The quantitative estimate of drug-likeness (QED) is 0.605. The van der Waals surface area contributed by atoms with Gasteiger partial charge in [0.25, 0.3) is 11.8 Å². The number of nitrogens with one attached hydrogen (secondary N) is 1. The number of carbonyl (C=O) groups is 2. The van der Waals surface area contributed by atoms with Crippen LogP contribution in [0.1, 0.15) is 11.1 Å². The van der Waals surface area contributed by atoms with E-state index in [0.717, 1.165) is 10.5 Å². The Morgan fingerprint density at radius 2 is 1.35 bits per heavy atom. The van der Waals surface area contributed by atoms with E-state index in [4.69, 9.17) is 9.47 Å². The SMILES string of the molecule is COc1ccccc1C1=C(Nc2ccc(C)cc2)C(=O)N(c2ccccc2OC)C1=O. The Kier molecular flexibility index (Phi) is 5.45. The summed E-state index contributed by atoms with van der Waals surface area (Å²) in [5.41, 5.74) is 3.15. The van der Waals surface area contributed by atoms with Crippen LogP contribution in [-0.4, -0.2) is 26.0 Å². The molecule has 1 aliphatic heterocycles. The standard InChI is InChI=1S/C25H22N2O4/c1-16-12-14-17(15-13-16)26-23-22(18-8-4-6-10-20(18)30-2)24(28)27(25(23)29)19-9-5-7-11-21(19)31-3/h4-15,26H,1-3H3. The Morgan fingerprint density at radius 1 is 0.742 bits per heavy atom. The van der Waals surface area contributed by atoms with Crippen LogP contribution >= 0.6 is 0 Å². The number of methoxy groups -OCH3 is 2. The van der Waals surface area contributed by atoms with Gasteiger partial charge < -0.3 is 14.8 Å². The normalized spacial score (nSPS) is 13.6. The largest absolute Gasteiger partial charge is 0.496 e. The number of nitrogens with zero attached hydrogens (tertiary/aromatic N) is 1. The lowest BCUT2D eigenvalue weighted by Gasteiger charge is -2.18. The molecular weight excluding hydrogens is 392 g/mol. The molecule has 0 saturated heterocycles. The van der Waals surface area contributed by atoms with Gasteiger partial charge in [-0.25, -0.2) is 4.90 Å². The molecule has 0 fully saturated rings. The van der Waals surface area contributed by atoms with E-state index in [1.807, 2.05) is 37.3 Å². The predicted molar refractivity (Wildman–Crippen MR) is 120 cm³/mol. The topological polar surface area (TPSA) is 67.9 Å². The molecule has 6 nitrogen and oxygen atoms in total. The van der Waals surface area contributed by atoms with E-state index in [9.17, 15) is 9.59 Å². The summed E-state index contributed by atoms with van der Waals surface area (Å²) in [7, 11) is 3.04. The van der Waals surface area contributed by atoms with Gasteiger partial charge >= 0.3 is 0 Å². The molecule has 156 valence electrons. The van der Waals surface area contributed by atoms with Gasteiger partial charge in [0.05, 0.1) is 25.5 Å². The molecule has 0 bridgehead atoms. The summed E-state index contributed by atoms with van der Waals surface area (Å²) in [6.07, 6.45) is 0. The third-order valence-electron chi connectivity index (χ3n) is 5.11. The fourth-order valence-electron chi connectivity index (χ4n) is 3.56. The van der Waals surface area contributed by atoms with Gasteiger partial charge in [-0.05, 0) is 37.3 Å². The average Bonchev–Trinajstić information content (AvgIpc) is 3.04. The number of benzene rings is 3. The van der Waals surface area contributed by atoms with Gasteiger partial charge in [-0.2, -0.15) is 0 Å². The van der Waals surface area contributed by atoms with Gasteiger partial charge in [-0.3, -0.25) is 9.59 Å². The van der Waals surface area contributed by atoms with Crippen LogP contribution in [-0.2, 0) is 9.59 Å². The Balaban J connectivity index is 1.88. The lowest BCUT2D eigenvalue weighted by molar-refractivity contribution is -0.120. The minimum Gasteiger partial charge on any atom is -0.496 e. The second kappa shape index (κ2) is 8.36. The van der Waals surface area contributed by atoms with Crippen LogP contribution in [0, 0.1) is 6.92 Å². The Bertz CT molecular complexity index is 1180. The monoisotopic (exact) mass is 414 g/mol. The lowest BCUT2D eigenvalue weighted by atomic mass is 10.0. The van der Waals surface area contributed by atoms with Crippen molar-refractivity contribution in [1.29, 1.82) is 0 Å². The summed E-state index contributed by atoms with van der Waals surface area (Å²) < 4.78 is 10.9. The van der Waals surface area contributed by atoms with Crippen molar-refractivity contribution < 1.29 is 19.1 Å². The second-order valence-corrected chi connectivity index (χ2v) is 7.06. The smallest absolute Gasteiger partial charge is 0.282 e. The number of amides is 2. The Morgan fingerprint density at radius 3 is 2.03 bits per heavy atom. The van der Waals surface area contributed by atoms with Crippen molar-refractivity contribution in [2.45, 2.75) is 6.92 Å². The zero-order valence-electron chi connectivity index (χ0n) is 17.5. The molecule has 4 rings (SSSR count). The van der Waals surface area contributed by atoms with Gasteiger partial charge in [0.2, 0.25) is 0 Å². The van der Waals surface area contributed by atoms with E-state index in [0.29, 0.717) is 28.4 Å². The van der Waals surface area contributed by atoms with Crippen LogP contribution in [0.4, 0.5) is 11.4 Å².